The van der Waals surface area contributed by atoms with Crippen LogP contribution < -0.4 is 0 Å². The van der Waals surface area contributed by atoms with Crippen molar-refractivity contribution >= 4 is 43.7 Å². The van der Waals surface area contributed by atoms with Gasteiger partial charge in [-0.3, -0.25) is 4.57 Å². The first kappa shape index (κ1) is 27.9. The van der Waals surface area contributed by atoms with Gasteiger partial charge in [-0.15, -0.1) is 0 Å². The van der Waals surface area contributed by atoms with Gasteiger partial charge in [0.05, 0.1) is 16.5 Å². The van der Waals surface area contributed by atoms with E-state index in [-0.39, 0.29) is 35.6 Å². The van der Waals surface area contributed by atoms with Crippen LogP contribution in [0.3, 0.4) is 0 Å². The quantitative estimate of drug-likeness (QED) is 0.172. The molecule has 11 rings (SSSR count). The predicted octanol–water partition coefficient (Wildman–Crippen LogP) is 13.2. The number of rotatable bonds is 6. The second-order valence-corrected chi connectivity index (χ2v) is 13.7. The summed E-state index contributed by atoms with van der Waals surface area (Å²) in [6, 6.07) is 55.4. The van der Waals surface area contributed by atoms with E-state index in [0.29, 0.717) is 39.1 Å². The molecule has 5 nitrogen and oxygen atoms in total. The first-order valence-electron chi connectivity index (χ1n) is 20.4. The second kappa shape index (κ2) is 13.0. The number of aromatic nitrogens is 4. The number of nitrogens with zero attached hydrogens (tertiary/aromatic N) is 4. The van der Waals surface area contributed by atoms with Gasteiger partial charge in [-0.1, -0.05) is 152 Å². The molecular formula is C51H32N4O. The summed E-state index contributed by atoms with van der Waals surface area (Å²) in [5.41, 5.74) is 9.71. The Morgan fingerprint density at radius 2 is 1.00 bits per heavy atom. The van der Waals surface area contributed by atoms with E-state index in [9.17, 15) is 2.74 Å². The Morgan fingerprint density at radius 1 is 0.411 bits per heavy atom. The van der Waals surface area contributed by atoms with E-state index in [1.165, 1.54) is 0 Å². The maximum atomic E-state index is 9.40. The van der Waals surface area contributed by atoms with E-state index in [4.69, 9.17) is 22.1 Å². The van der Waals surface area contributed by atoms with Crippen molar-refractivity contribution in [1.82, 2.24) is 19.5 Å². The number of benzene rings is 8. The summed E-state index contributed by atoms with van der Waals surface area (Å²) in [7, 11) is 0. The second-order valence-electron chi connectivity index (χ2n) is 13.7. The van der Waals surface area contributed by atoms with Crippen molar-refractivity contribution in [1.29, 1.82) is 0 Å². The van der Waals surface area contributed by atoms with E-state index in [1.54, 1.807) is 4.57 Å². The lowest BCUT2D eigenvalue weighted by atomic mass is 9.92. The summed E-state index contributed by atoms with van der Waals surface area (Å²) in [5, 5.41) is 3.02. The Hall–Kier alpha value is -7.63. The lowest BCUT2D eigenvalue weighted by Gasteiger charge is -2.15. The number of hydrogen-bond acceptors (Lipinski definition) is 4. The molecule has 3 aromatic heterocycles. The van der Waals surface area contributed by atoms with Crippen molar-refractivity contribution in [2.24, 2.45) is 0 Å². The van der Waals surface area contributed by atoms with Crippen LogP contribution in [0, 0.1) is 0 Å². The van der Waals surface area contributed by atoms with E-state index in [1.807, 2.05) is 127 Å². The van der Waals surface area contributed by atoms with Crippen LogP contribution in [0.15, 0.2) is 198 Å². The summed E-state index contributed by atoms with van der Waals surface area (Å²) in [6.07, 6.45) is 0. The number of hydrogen-bond donors (Lipinski definition) is 0. The molecule has 262 valence electrons. The van der Waals surface area contributed by atoms with Crippen LogP contribution in [0.25, 0.3) is 106 Å². The molecule has 0 radical (unpaired) electrons. The largest absolute Gasteiger partial charge is 0.456 e. The standard InChI is InChI=1S/C51H32N4O/c1-4-15-33(16-5-1)37-29-38(34-17-6-2-7-18-34)31-39(30-37)40-23-14-24-44-41-21-10-12-25-45(41)55(48(40)44)51-53-49(35-19-8-3-9-20-35)52-50(54-51)36-27-28-43-42-22-11-13-26-46(42)56-47(43)32-36/h1-32H/i10D,12D,21D,25D. The molecule has 0 fully saturated rings. The molecule has 0 amide bonds. The lowest BCUT2D eigenvalue weighted by Crippen LogP contribution is -2.07. The maximum Gasteiger partial charge on any atom is 0.238 e. The molecule has 0 atom stereocenters. The van der Waals surface area contributed by atoms with Crippen LogP contribution in [0.4, 0.5) is 0 Å². The molecule has 0 aliphatic rings. The van der Waals surface area contributed by atoms with Crippen LogP contribution in [0.2, 0.25) is 0 Å². The fourth-order valence-electron chi connectivity index (χ4n) is 7.75. The molecule has 3 heterocycles. The fourth-order valence-corrected chi connectivity index (χ4v) is 7.75. The minimum absolute atomic E-state index is 0.136. The van der Waals surface area contributed by atoms with Crippen LogP contribution in [-0.2, 0) is 0 Å². The number of furan rings is 1. The maximum absolute atomic E-state index is 9.40. The molecule has 0 aliphatic carbocycles. The van der Waals surface area contributed by atoms with Gasteiger partial charge in [0.1, 0.15) is 11.2 Å². The SMILES string of the molecule is [2H]c1c([2H])c([2H])c2c(c1[2H])c1cccc(-c3cc(-c4ccccc4)cc(-c4ccccc4)c3)c1n2-c1nc(-c2ccccc2)nc(-c2ccc3c(c2)oc2ccccc23)n1. The molecule has 0 unspecified atom stereocenters. The highest BCUT2D eigenvalue weighted by Crippen LogP contribution is 2.41. The zero-order valence-corrected chi connectivity index (χ0v) is 29.9. The normalized spacial score (nSPS) is 12.6. The molecule has 0 N–H and O–H groups in total. The highest BCUT2D eigenvalue weighted by molar-refractivity contribution is 6.14. The first-order valence-corrected chi connectivity index (χ1v) is 18.4. The van der Waals surface area contributed by atoms with E-state index in [2.05, 4.69) is 42.5 Å². The fraction of sp³-hybridized carbons (Fsp3) is 0. The van der Waals surface area contributed by atoms with Crippen LogP contribution in [-0.4, -0.2) is 19.5 Å². The van der Waals surface area contributed by atoms with Gasteiger partial charge in [0.25, 0.3) is 0 Å². The summed E-state index contributed by atoms with van der Waals surface area (Å²) >= 11 is 0. The molecule has 8 aromatic carbocycles. The Kier molecular flexibility index (Phi) is 6.50. The molecule has 56 heavy (non-hydrogen) atoms. The average molecular weight is 721 g/mol. The smallest absolute Gasteiger partial charge is 0.238 e. The lowest BCUT2D eigenvalue weighted by molar-refractivity contribution is 0.669. The van der Waals surface area contributed by atoms with Gasteiger partial charge < -0.3 is 4.42 Å². The molecule has 0 bridgehead atoms. The molecular weight excluding hydrogens is 685 g/mol. The van der Waals surface area contributed by atoms with Crippen molar-refractivity contribution in [2.75, 3.05) is 0 Å². The molecule has 0 spiro atoms. The summed E-state index contributed by atoms with van der Waals surface area (Å²) in [5.74, 6) is 1.00. The molecule has 0 aliphatic heterocycles. The van der Waals surface area contributed by atoms with Crippen LogP contribution in [0.5, 0.6) is 0 Å². The van der Waals surface area contributed by atoms with Gasteiger partial charge in [-0.25, -0.2) is 4.98 Å². The average Bonchev–Trinajstić information content (AvgIpc) is 3.87. The molecule has 0 saturated carbocycles. The van der Waals surface area contributed by atoms with Gasteiger partial charge in [0.15, 0.2) is 11.6 Å². The Labute approximate surface area is 328 Å². The third-order valence-corrected chi connectivity index (χ3v) is 10.4. The summed E-state index contributed by atoms with van der Waals surface area (Å²) in [6.45, 7) is 0. The van der Waals surface area contributed by atoms with Crippen molar-refractivity contribution in [3.8, 4) is 62.1 Å². The highest BCUT2D eigenvalue weighted by atomic mass is 16.3. The molecule has 5 heteroatoms. The molecule has 11 aromatic rings. The predicted molar refractivity (Wildman–Crippen MR) is 229 cm³/mol. The minimum atomic E-state index is -0.344. The van der Waals surface area contributed by atoms with Gasteiger partial charge in [0.2, 0.25) is 5.95 Å². The topological polar surface area (TPSA) is 56.7 Å². The van der Waals surface area contributed by atoms with Crippen molar-refractivity contribution < 1.29 is 9.90 Å². The highest BCUT2D eigenvalue weighted by Gasteiger charge is 2.21. The summed E-state index contributed by atoms with van der Waals surface area (Å²) in [4.78, 5) is 15.3. The third kappa shape index (κ3) is 5.37. The van der Waals surface area contributed by atoms with Crippen LogP contribution >= 0.6 is 0 Å². The number of para-hydroxylation sites is 3. The Morgan fingerprint density at radius 3 is 1.73 bits per heavy atom. The Balaban J connectivity index is 1.24. The van der Waals surface area contributed by atoms with Crippen LogP contribution in [0.1, 0.15) is 5.48 Å². The van der Waals surface area contributed by atoms with Gasteiger partial charge in [-0.2, -0.15) is 9.97 Å². The van der Waals surface area contributed by atoms with E-state index >= 15 is 0 Å². The minimum Gasteiger partial charge on any atom is -0.456 e. The summed E-state index contributed by atoms with van der Waals surface area (Å²) < 4.78 is 44.4. The van der Waals surface area contributed by atoms with Gasteiger partial charge in [-0.05, 0) is 70.3 Å². The van der Waals surface area contributed by atoms with Gasteiger partial charge in [0, 0.05) is 38.2 Å². The number of fused-ring (bicyclic) bond motifs is 6. The Bertz CT molecular complexity index is 3420. The van der Waals surface area contributed by atoms with E-state index in [0.717, 1.165) is 55.3 Å². The van der Waals surface area contributed by atoms with Gasteiger partial charge >= 0.3 is 0 Å². The first-order chi connectivity index (χ1) is 29.4. The van der Waals surface area contributed by atoms with Crippen molar-refractivity contribution in [2.45, 2.75) is 0 Å². The molecule has 0 saturated heterocycles. The zero-order chi connectivity index (χ0) is 40.5. The van der Waals surface area contributed by atoms with Crippen molar-refractivity contribution in [3.63, 3.8) is 0 Å². The third-order valence-electron chi connectivity index (χ3n) is 10.4. The van der Waals surface area contributed by atoms with Crippen molar-refractivity contribution in [3.05, 3.63) is 194 Å². The van der Waals surface area contributed by atoms with E-state index < -0.39 is 0 Å². The monoisotopic (exact) mass is 720 g/mol. The zero-order valence-electron chi connectivity index (χ0n) is 33.9.